The highest BCUT2D eigenvalue weighted by Crippen LogP contribution is 2.36. The molecule has 2 aliphatic heterocycles. The molecule has 7 heteroatoms. The van der Waals surface area contributed by atoms with Crippen LogP contribution < -0.4 is 10.1 Å². The molecule has 2 N–H and O–H groups in total. The molecule has 2 aliphatic rings. The van der Waals surface area contributed by atoms with E-state index >= 15 is 0 Å². The molecule has 0 saturated carbocycles. The van der Waals surface area contributed by atoms with Crippen molar-refractivity contribution >= 4 is 0 Å². The van der Waals surface area contributed by atoms with Gasteiger partial charge < -0.3 is 29.2 Å². The Morgan fingerprint density at radius 3 is 2.84 bits per heavy atom. The average Bonchev–Trinajstić information content (AvgIpc) is 3.24. The third kappa shape index (κ3) is 3.04. The third-order valence-corrected chi connectivity index (χ3v) is 5.02. The van der Waals surface area contributed by atoms with E-state index in [1.165, 1.54) is 0 Å². The van der Waals surface area contributed by atoms with Crippen LogP contribution in [0.1, 0.15) is 17.4 Å². The average molecular weight is 345 g/mol. The van der Waals surface area contributed by atoms with Crippen LogP contribution in [0.3, 0.4) is 0 Å². The van der Waals surface area contributed by atoms with E-state index in [4.69, 9.17) is 14.2 Å². The molecule has 1 aromatic heterocycles. The van der Waals surface area contributed by atoms with E-state index in [0.29, 0.717) is 13.2 Å². The van der Waals surface area contributed by atoms with Gasteiger partial charge in [0.1, 0.15) is 23.7 Å². The predicted octanol–water partition coefficient (Wildman–Crippen LogP) is 1.02. The number of methoxy groups -OCH3 is 1. The highest BCUT2D eigenvalue weighted by Gasteiger charge is 2.50. The Labute approximate surface area is 146 Å². The molecule has 2 bridgehead atoms. The summed E-state index contributed by atoms with van der Waals surface area (Å²) in [6.45, 7) is 3.02. The molecule has 7 nitrogen and oxygen atoms in total. The molecular formula is C18H23N3O4. The minimum Gasteiger partial charge on any atom is -0.497 e. The van der Waals surface area contributed by atoms with Crippen molar-refractivity contribution in [1.29, 1.82) is 0 Å². The van der Waals surface area contributed by atoms with E-state index in [-0.39, 0.29) is 18.2 Å². The second kappa shape index (κ2) is 6.76. The Kier molecular flexibility index (Phi) is 4.47. The molecule has 0 amide bonds. The molecule has 0 aliphatic carbocycles. The first-order chi connectivity index (χ1) is 12.2. The van der Waals surface area contributed by atoms with Crippen molar-refractivity contribution in [3.8, 4) is 5.75 Å². The number of nitrogens with one attached hydrogen (secondary N) is 1. The van der Waals surface area contributed by atoms with Gasteiger partial charge in [-0.3, -0.25) is 0 Å². The Morgan fingerprint density at radius 2 is 2.16 bits per heavy atom. The van der Waals surface area contributed by atoms with Gasteiger partial charge in [0.25, 0.3) is 0 Å². The number of hydrogen-bond acceptors (Lipinski definition) is 6. The van der Waals surface area contributed by atoms with Crippen molar-refractivity contribution in [2.45, 2.75) is 44.1 Å². The van der Waals surface area contributed by atoms with Gasteiger partial charge in [0.15, 0.2) is 6.29 Å². The van der Waals surface area contributed by atoms with Gasteiger partial charge in [0.2, 0.25) is 0 Å². The smallest absolute Gasteiger partial charge is 0.181 e. The molecule has 0 radical (unpaired) electrons. The van der Waals surface area contributed by atoms with Crippen LogP contribution in [0.5, 0.6) is 5.75 Å². The van der Waals surface area contributed by atoms with Crippen molar-refractivity contribution in [3.05, 3.63) is 48.0 Å². The summed E-state index contributed by atoms with van der Waals surface area (Å²) in [5, 5.41) is 14.4. The standard InChI is InChI=1S/C18H23N3O4/c1-11-19-7-8-21(11)16-17(22)15(14-10-24-18(16)25-14)20-9-12-3-5-13(23-2)6-4-12/h3-8,14-18,20,22H,9-10H2,1-2H3. The molecule has 5 unspecified atom stereocenters. The van der Waals surface area contributed by atoms with Crippen LogP contribution in [0, 0.1) is 6.92 Å². The van der Waals surface area contributed by atoms with Gasteiger partial charge >= 0.3 is 0 Å². The largest absolute Gasteiger partial charge is 0.497 e. The number of imidazole rings is 1. The first-order valence-electron chi connectivity index (χ1n) is 8.48. The van der Waals surface area contributed by atoms with Gasteiger partial charge in [0, 0.05) is 18.9 Å². The molecule has 134 valence electrons. The summed E-state index contributed by atoms with van der Waals surface area (Å²) in [7, 11) is 1.65. The van der Waals surface area contributed by atoms with Crippen LogP contribution in [-0.2, 0) is 16.0 Å². The number of rotatable bonds is 5. The number of hydrogen-bond donors (Lipinski definition) is 2. The second-order valence-corrected chi connectivity index (χ2v) is 6.49. The van der Waals surface area contributed by atoms with Crippen molar-refractivity contribution in [1.82, 2.24) is 14.9 Å². The van der Waals surface area contributed by atoms with Gasteiger partial charge in [-0.1, -0.05) is 12.1 Å². The molecule has 5 atom stereocenters. The van der Waals surface area contributed by atoms with Gasteiger partial charge in [-0.2, -0.15) is 0 Å². The SMILES string of the molecule is COc1ccc(CNC2C3COC(O3)C(n3ccnc3C)C2O)cc1. The lowest BCUT2D eigenvalue weighted by Crippen LogP contribution is -2.57. The Hall–Kier alpha value is -1.93. The van der Waals surface area contributed by atoms with E-state index in [1.807, 2.05) is 42.0 Å². The summed E-state index contributed by atoms with van der Waals surface area (Å²) in [5.74, 6) is 1.66. The third-order valence-electron chi connectivity index (χ3n) is 5.02. The van der Waals surface area contributed by atoms with E-state index in [1.54, 1.807) is 13.3 Å². The Morgan fingerprint density at radius 1 is 1.36 bits per heavy atom. The maximum absolute atomic E-state index is 11.0. The molecule has 0 spiro atoms. The summed E-state index contributed by atoms with van der Waals surface area (Å²) in [4.78, 5) is 4.25. The minimum absolute atomic E-state index is 0.154. The quantitative estimate of drug-likeness (QED) is 0.842. The van der Waals surface area contributed by atoms with Crippen LogP contribution in [0.15, 0.2) is 36.7 Å². The van der Waals surface area contributed by atoms with E-state index in [0.717, 1.165) is 17.1 Å². The Balaban J connectivity index is 1.49. The van der Waals surface area contributed by atoms with E-state index in [9.17, 15) is 5.11 Å². The molecule has 4 rings (SSSR count). The fraction of sp³-hybridized carbons (Fsp3) is 0.500. The number of aromatic nitrogens is 2. The normalized spacial score (nSPS) is 31.2. The number of fused-ring (bicyclic) bond motifs is 2. The fourth-order valence-electron chi connectivity index (χ4n) is 3.63. The predicted molar refractivity (Wildman–Crippen MR) is 90.2 cm³/mol. The lowest BCUT2D eigenvalue weighted by molar-refractivity contribution is -0.165. The maximum Gasteiger partial charge on any atom is 0.181 e. The zero-order valence-corrected chi connectivity index (χ0v) is 14.3. The first-order valence-corrected chi connectivity index (χ1v) is 8.48. The summed E-state index contributed by atoms with van der Waals surface area (Å²) in [6.07, 6.45) is 2.36. The lowest BCUT2D eigenvalue weighted by Gasteiger charge is -2.39. The fourth-order valence-corrected chi connectivity index (χ4v) is 3.63. The number of nitrogens with zero attached hydrogens (tertiary/aromatic N) is 2. The number of ether oxygens (including phenoxy) is 3. The molecule has 25 heavy (non-hydrogen) atoms. The molecular weight excluding hydrogens is 322 g/mol. The summed E-state index contributed by atoms with van der Waals surface area (Å²) >= 11 is 0. The number of aryl methyl sites for hydroxylation is 1. The molecule has 2 aromatic rings. The monoisotopic (exact) mass is 345 g/mol. The summed E-state index contributed by atoms with van der Waals surface area (Å²) < 4.78 is 18.9. The highest BCUT2D eigenvalue weighted by molar-refractivity contribution is 5.27. The topological polar surface area (TPSA) is 77.8 Å². The van der Waals surface area contributed by atoms with Crippen molar-refractivity contribution in [3.63, 3.8) is 0 Å². The van der Waals surface area contributed by atoms with Crippen LogP contribution in [-0.4, -0.2) is 52.9 Å². The summed E-state index contributed by atoms with van der Waals surface area (Å²) in [6, 6.07) is 7.34. The van der Waals surface area contributed by atoms with Crippen molar-refractivity contribution in [2.75, 3.05) is 13.7 Å². The second-order valence-electron chi connectivity index (χ2n) is 6.49. The molecule has 1 aromatic carbocycles. The van der Waals surface area contributed by atoms with Crippen LogP contribution in [0.2, 0.25) is 0 Å². The molecule has 2 saturated heterocycles. The van der Waals surface area contributed by atoms with Crippen LogP contribution in [0.4, 0.5) is 0 Å². The van der Waals surface area contributed by atoms with Gasteiger partial charge in [-0.15, -0.1) is 0 Å². The van der Waals surface area contributed by atoms with Gasteiger partial charge in [0.05, 0.1) is 25.9 Å². The Bertz CT molecular complexity index is 717. The molecule has 2 fully saturated rings. The zero-order chi connectivity index (χ0) is 17.4. The van der Waals surface area contributed by atoms with E-state index in [2.05, 4.69) is 10.3 Å². The van der Waals surface area contributed by atoms with E-state index < -0.39 is 12.4 Å². The highest BCUT2D eigenvalue weighted by atomic mass is 16.7. The number of aliphatic hydroxyl groups excluding tert-OH is 1. The van der Waals surface area contributed by atoms with Crippen LogP contribution in [0.25, 0.3) is 0 Å². The maximum atomic E-state index is 11.0. The first kappa shape index (κ1) is 16.5. The minimum atomic E-state index is -0.627. The zero-order valence-electron chi connectivity index (χ0n) is 14.3. The summed E-state index contributed by atoms with van der Waals surface area (Å²) in [5.41, 5.74) is 1.12. The molecule has 3 heterocycles. The number of benzene rings is 1. The van der Waals surface area contributed by atoms with Gasteiger partial charge in [-0.25, -0.2) is 4.98 Å². The lowest BCUT2D eigenvalue weighted by atomic mass is 9.95. The van der Waals surface area contributed by atoms with Crippen molar-refractivity contribution < 1.29 is 19.3 Å². The van der Waals surface area contributed by atoms with Gasteiger partial charge in [-0.05, 0) is 24.6 Å². The van der Waals surface area contributed by atoms with Crippen molar-refractivity contribution in [2.24, 2.45) is 0 Å². The van der Waals surface area contributed by atoms with Crippen LogP contribution >= 0.6 is 0 Å². The number of aliphatic hydroxyl groups is 1.